The Kier molecular flexibility index (Phi) is 6.34. The van der Waals surface area contributed by atoms with E-state index in [1.807, 2.05) is 0 Å². The Morgan fingerprint density at radius 3 is 2.78 bits per heavy atom. The molecular weight excluding hydrogens is 347 g/mol. The highest BCUT2D eigenvalue weighted by Crippen LogP contribution is 2.24. The third-order valence-electron chi connectivity index (χ3n) is 2.53. The van der Waals surface area contributed by atoms with Gasteiger partial charge in [0.1, 0.15) is 0 Å². The summed E-state index contributed by atoms with van der Waals surface area (Å²) >= 11 is 2.10. The number of benzene rings is 1. The lowest BCUT2D eigenvalue weighted by Gasteiger charge is -2.19. The molecule has 5 nitrogen and oxygen atoms in total. The fourth-order valence-electron chi connectivity index (χ4n) is 1.70. The van der Waals surface area contributed by atoms with E-state index in [1.165, 1.54) is 6.07 Å². The van der Waals surface area contributed by atoms with Gasteiger partial charge in [-0.05, 0) is 35.1 Å². The summed E-state index contributed by atoms with van der Waals surface area (Å²) in [5, 5.41) is 14.0. The number of hydrogen-bond donors (Lipinski definition) is 1. The first kappa shape index (κ1) is 15.2. The molecule has 0 aromatic heterocycles. The highest BCUT2D eigenvalue weighted by Gasteiger charge is 2.12. The number of nitro groups is 1. The molecule has 18 heavy (non-hydrogen) atoms. The summed E-state index contributed by atoms with van der Waals surface area (Å²) in [6.07, 6.45) is 2.06. The van der Waals surface area contributed by atoms with Crippen LogP contribution >= 0.6 is 22.6 Å². The molecule has 0 spiro atoms. The number of ether oxygens (including phenoxy) is 1. The first-order valence-corrected chi connectivity index (χ1v) is 6.85. The number of rotatable bonds is 7. The minimum absolute atomic E-state index is 0.115. The van der Waals surface area contributed by atoms with Gasteiger partial charge in [0.2, 0.25) is 0 Å². The van der Waals surface area contributed by atoms with Gasteiger partial charge < -0.3 is 10.1 Å². The molecule has 1 N–H and O–H groups in total. The van der Waals surface area contributed by atoms with Gasteiger partial charge in [-0.2, -0.15) is 0 Å². The van der Waals surface area contributed by atoms with Crippen LogP contribution < -0.4 is 5.32 Å². The van der Waals surface area contributed by atoms with Gasteiger partial charge in [0.25, 0.3) is 5.69 Å². The summed E-state index contributed by atoms with van der Waals surface area (Å²) < 4.78 is 6.00. The second-order valence-electron chi connectivity index (χ2n) is 4.01. The Morgan fingerprint density at radius 2 is 2.28 bits per heavy atom. The molecule has 0 amide bonds. The molecule has 0 radical (unpaired) electrons. The van der Waals surface area contributed by atoms with E-state index in [9.17, 15) is 10.1 Å². The average Bonchev–Trinajstić information content (AvgIpc) is 2.32. The maximum atomic E-state index is 10.7. The van der Waals surface area contributed by atoms with E-state index in [0.29, 0.717) is 6.61 Å². The van der Waals surface area contributed by atoms with Crippen LogP contribution in [-0.2, 0) is 4.74 Å². The molecule has 100 valence electrons. The lowest BCUT2D eigenvalue weighted by molar-refractivity contribution is -0.384. The Hall–Kier alpha value is -0.890. The van der Waals surface area contributed by atoms with E-state index in [1.54, 1.807) is 19.2 Å². The SMILES string of the molecule is CCCC(COC)Nc1ccc([N+](=O)[O-])cc1I. The monoisotopic (exact) mass is 364 g/mol. The van der Waals surface area contributed by atoms with Crippen LogP contribution in [0.5, 0.6) is 0 Å². The number of non-ortho nitro benzene ring substituents is 1. The third kappa shape index (κ3) is 4.41. The zero-order chi connectivity index (χ0) is 13.5. The number of hydrogen-bond acceptors (Lipinski definition) is 4. The molecule has 0 aliphatic rings. The van der Waals surface area contributed by atoms with Crippen LogP contribution in [0, 0.1) is 13.7 Å². The van der Waals surface area contributed by atoms with E-state index in [4.69, 9.17) is 4.74 Å². The maximum Gasteiger partial charge on any atom is 0.270 e. The molecule has 1 aromatic rings. The van der Waals surface area contributed by atoms with E-state index >= 15 is 0 Å². The molecule has 1 aromatic carbocycles. The van der Waals surface area contributed by atoms with Gasteiger partial charge in [-0.1, -0.05) is 13.3 Å². The summed E-state index contributed by atoms with van der Waals surface area (Å²) in [6, 6.07) is 5.06. The second-order valence-corrected chi connectivity index (χ2v) is 5.17. The van der Waals surface area contributed by atoms with Crippen LogP contribution in [0.1, 0.15) is 19.8 Å². The Bertz CT molecular complexity index is 406. The van der Waals surface area contributed by atoms with Crippen molar-refractivity contribution in [2.45, 2.75) is 25.8 Å². The van der Waals surface area contributed by atoms with Crippen LogP contribution in [0.2, 0.25) is 0 Å². The van der Waals surface area contributed by atoms with Crippen LogP contribution in [0.25, 0.3) is 0 Å². The quantitative estimate of drug-likeness (QED) is 0.458. The van der Waals surface area contributed by atoms with Crippen molar-refractivity contribution in [3.05, 3.63) is 31.9 Å². The predicted octanol–water partition coefficient (Wildman–Crippen LogP) is 3.43. The predicted molar refractivity (Wildman–Crippen MR) is 80.0 cm³/mol. The summed E-state index contributed by atoms with van der Waals surface area (Å²) in [4.78, 5) is 10.3. The molecule has 1 unspecified atom stereocenters. The van der Waals surface area contributed by atoms with Crippen molar-refractivity contribution >= 4 is 34.0 Å². The van der Waals surface area contributed by atoms with Crippen LogP contribution in [0.4, 0.5) is 11.4 Å². The lowest BCUT2D eigenvalue weighted by Crippen LogP contribution is -2.25. The number of methoxy groups -OCH3 is 1. The van der Waals surface area contributed by atoms with Crippen molar-refractivity contribution in [2.24, 2.45) is 0 Å². The normalized spacial score (nSPS) is 12.2. The standard InChI is InChI=1S/C12H17IN2O3/c1-3-4-9(8-18-2)14-12-6-5-10(15(16)17)7-11(12)13/h5-7,9,14H,3-4,8H2,1-2H3. The summed E-state index contributed by atoms with van der Waals surface area (Å²) in [6.45, 7) is 2.74. The Labute approximate surface area is 120 Å². The van der Waals surface area contributed by atoms with Crippen molar-refractivity contribution in [1.82, 2.24) is 0 Å². The number of nitrogens with one attached hydrogen (secondary N) is 1. The van der Waals surface area contributed by atoms with Crippen molar-refractivity contribution < 1.29 is 9.66 Å². The molecule has 1 atom stereocenters. The molecule has 0 aliphatic heterocycles. The van der Waals surface area contributed by atoms with E-state index < -0.39 is 0 Å². The zero-order valence-electron chi connectivity index (χ0n) is 10.5. The van der Waals surface area contributed by atoms with Crippen molar-refractivity contribution in [2.75, 3.05) is 19.0 Å². The third-order valence-corrected chi connectivity index (χ3v) is 3.42. The number of halogens is 1. The van der Waals surface area contributed by atoms with Crippen molar-refractivity contribution in [3.8, 4) is 0 Å². The van der Waals surface area contributed by atoms with Crippen LogP contribution in [0.3, 0.4) is 0 Å². The van der Waals surface area contributed by atoms with Crippen molar-refractivity contribution in [3.63, 3.8) is 0 Å². The van der Waals surface area contributed by atoms with Gasteiger partial charge >= 0.3 is 0 Å². The molecular formula is C12H17IN2O3. The summed E-state index contributed by atoms with van der Waals surface area (Å²) in [7, 11) is 1.67. The fraction of sp³-hybridized carbons (Fsp3) is 0.500. The molecule has 0 fully saturated rings. The van der Waals surface area contributed by atoms with Crippen LogP contribution in [0.15, 0.2) is 18.2 Å². The van der Waals surface area contributed by atoms with Gasteiger partial charge in [-0.3, -0.25) is 10.1 Å². The second kappa shape index (κ2) is 7.52. The molecule has 0 heterocycles. The molecule has 1 rings (SSSR count). The topological polar surface area (TPSA) is 64.4 Å². The maximum absolute atomic E-state index is 10.7. The van der Waals surface area contributed by atoms with Gasteiger partial charge in [0, 0.05) is 34.5 Å². The van der Waals surface area contributed by atoms with Gasteiger partial charge in [-0.15, -0.1) is 0 Å². The fourth-order valence-corrected chi connectivity index (χ4v) is 2.36. The first-order valence-electron chi connectivity index (χ1n) is 5.77. The van der Waals surface area contributed by atoms with Gasteiger partial charge in [0.05, 0.1) is 11.5 Å². The van der Waals surface area contributed by atoms with E-state index in [2.05, 4.69) is 34.8 Å². The van der Waals surface area contributed by atoms with E-state index in [0.717, 1.165) is 22.1 Å². The van der Waals surface area contributed by atoms with Crippen LogP contribution in [-0.4, -0.2) is 24.7 Å². The largest absolute Gasteiger partial charge is 0.383 e. The highest BCUT2D eigenvalue weighted by molar-refractivity contribution is 14.1. The summed E-state index contributed by atoms with van der Waals surface area (Å²) in [5.41, 5.74) is 1.03. The molecule has 0 bridgehead atoms. The first-order chi connectivity index (χ1) is 8.58. The van der Waals surface area contributed by atoms with E-state index in [-0.39, 0.29) is 16.7 Å². The minimum atomic E-state index is -0.384. The zero-order valence-corrected chi connectivity index (χ0v) is 12.6. The summed E-state index contributed by atoms with van der Waals surface area (Å²) in [5.74, 6) is 0. The molecule has 0 saturated carbocycles. The molecule has 0 aliphatic carbocycles. The number of nitro benzene ring substituents is 1. The number of anilines is 1. The van der Waals surface area contributed by atoms with Gasteiger partial charge in [-0.25, -0.2) is 0 Å². The smallest absolute Gasteiger partial charge is 0.270 e. The minimum Gasteiger partial charge on any atom is -0.383 e. The lowest BCUT2D eigenvalue weighted by atomic mass is 10.1. The highest BCUT2D eigenvalue weighted by atomic mass is 127. The Balaban J connectivity index is 2.79. The van der Waals surface area contributed by atoms with Crippen molar-refractivity contribution in [1.29, 1.82) is 0 Å². The molecule has 0 saturated heterocycles. The Morgan fingerprint density at radius 1 is 1.56 bits per heavy atom. The van der Waals surface area contributed by atoms with Gasteiger partial charge in [0.15, 0.2) is 0 Å². The molecule has 6 heteroatoms. The number of nitrogens with zero attached hydrogens (tertiary/aromatic N) is 1. The average molecular weight is 364 g/mol.